The lowest BCUT2D eigenvalue weighted by Crippen LogP contribution is -2.26. The first-order chi connectivity index (χ1) is 10.3. The van der Waals surface area contributed by atoms with E-state index < -0.39 is 9.70 Å². The van der Waals surface area contributed by atoms with E-state index in [9.17, 15) is 9.59 Å². The van der Waals surface area contributed by atoms with Crippen LogP contribution in [-0.4, -0.2) is 20.6 Å². The highest BCUT2D eigenvalue weighted by molar-refractivity contribution is 7.22. The Hall–Kier alpha value is -1.08. The van der Waals surface area contributed by atoms with Crippen LogP contribution in [0.2, 0.25) is 0 Å². The second kappa shape index (κ2) is 7.00. The maximum Gasteiger partial charge on any atom is 0.276 e. The van der Waals surface area contributed by atoms with Crippen LogP contribution >= 0.6 is 46.1 Å². The number of halogens is 3. The van der Waals surface area contributed by atoms with Gasteiger partial charge < -0.3 is 10.6 Å². The number of anilines is 2. The molecular formula is C13H12Cl3N3O2S. The fraction of sp³-hybridized carbons (Fsp3) is 0.308. The van der Waals surface area contributed by atoms with E-state index in [-0.39, 0.29) is 5.91 Å². The van der Waals surface area contributed by atoms with Gasteiger partial charge >= 0.3 is 0 Å². The summed E-state index contributed by atoms with van der Waals surface area (Å²) in [5.74, 6) is -0.816. The van der Waals surface area contributed by atoms with Crippen molar-refractivity contribution >= 4 is 79.0 Å². The normalized spacial score (nSPS) is 11.5. The van der Waals surface area contributed by atoms with Crippen LogP contribution in [0.3, 0.4) is 0 Å². The summed E-state index contributed by atoms with van der Waals surface area (Å²) in [4.78, 5) is 27.5. The molecule has 2 aromatic rings. The Morgan fingerprint density at radius 3 is 2.64 bits per heavy atom. The fourth-order valence-electron chi connectivity index (χ4n) is 1.67. The highest BCUT2D eigenvalue weighted by Crippen LogP contribution is 2.31. The molecule has 0 fully saturated rings. The zero-order chi connectivity index (χ0) is 16.3. The van der Waals surface area contributed by atoms with Crippen molar-refractivity contribution < 1.29 is 9.59 Å². The topological polar surface area (TPSA) is 71.1 Å². The fourth-order valence-corrected chi connectivity index (χ4v) is 2.73. The number of hydrogen-bond donors (Lipinski definition) is 2. The van der Waals surface area contributed by atoms with Gasteiger partial charge in [0.15, 0.2) is 5.13 Å². The molecule has 0 bridgehead atoms. The smallest absolute Gasteiger partial charge is 0.276 e. The number of alkyl halides is 3. The number of amides is 2. The molecule has 5 nitrogen and oxygen atoms in total. The summed E-state index contributed by atoms with van der Waals surface area (Å²) in [5, 5.41) is 5.75. The first kappa shape index (κ1) is 17.3. The van der Waals surface area contributed by atoms with Gasteiger partial charge in [-0.05, 0) is 24.6 Å². The second-order valence-corrected chi connectivity index (χ2v) is 7.76. The van der Waals surface area contributed by atoms with Gasteiger partial charge in [-0.2, -0.15) is 0 Å². The molecule has 0 spiro atoms. The molecule has 1 aromatic heterocycles. The number of benzene rings is 1. The van der Waals surface area contributed by atoms with Gasteiger partial charge in [0.05, 0.1) is 10.2 Å². The molecule has 118 valence electrons. The molecule has 2 rings (SSSR count). The number of fused-ring (bicyclic) bond motifs is 1. The summed E-state index contributed by atoms with van der Waals surface area (Å²) in [6.07, 6.45) is 1.21. The molecule has 1 heterocycles. The van der Waals surface area contributed by atoms with Gasteiger partial charge in [-0.25, -0.2) is 4.98 Å². The number of thiazole rings is 1. The van der Waals surface area contributed by atoms with Crippen LogP contribution in [0.5, 0.6) is 0 Å². The van der Waals surface area contributed by atoms with E-state index in [4.69, 9.17) is 34.8 Å². The minimum absolute atomic E-state index is 0.0775. The first-order valence-electron chi connectivity index (χ1n) is 6.38. The lowest BCUT2D eigenvalue weighted by atomic mass is 10.3. The van der Waals surface area contributed by atoms with Crippen molar-refractivity contribution in [3.8, 4) is 0 Å². The van der Waals surface area contributed by atoms with Crippen LogP contribution in [0.15, 0.2) is 18.2 Å². The molecule has 2 amide bonds. The number of carbonyl (C=O) groups is 2. The number of nitrogens with zero attached hydrogens (tertiary/aromatic N) is 1. The number of aromatic nitrogens is 1. The summed E-state index contributed by atoms with van der Waals surface area (Å²) in [6.45, 7) is 1.93. The van der Waals surface area contributed by atoms with Crippen LogP contribution in [-0.2, 0) is 9.59 Å². The molecule has 0 unspecified atom stereocenters. The van der Waals surface area contributed by atoms with Crippen LogP contribution in [0.1, 0.15) is 19.8 Å². The molecule has 9 heteroatoms. The number of rotatable bonds is 4. The van der Waals surface area contributed by atoms with E-state index in [1.807, 2.05) is 6.92 Å². The van der Waals surface area contributed by atoms with Crippen LogP contribution < -0.4 is 10.6 Å². The summed E-state index contributed by atoms with van der Waals surface area (Å²) in [6, 6.07) is 5.07. The molecule has 0 radical (unpaired) electrons. The summed E-state index contributed by atoms with van der Waals surface area (Å²) in [7, 11) is 0. The van der Waals surface area contributed by atoms with Crippen molar-refractivity contribution in [1.82, 2.24) is 4.98 Å². The molecule has 0 aliphatic heterocycles. The molecule has 0 atom stereocenters. The molecule has 2 N–H and O–H groups in total. The van der Waals surface area contributed by atoms with Crippen molar-refractivity contribution in [2.75, 3.05) is 10.6 Å². The van der Waals surface area contributed by atoms with Crippen molar-refractivity contribution in [1.29, 1.82) is 0 Å². The van der Waals surface area contributed by atoms with Crippen molar-refractivity contribution in [2.24, 2.45) is 0 Å². The predicted octanol–water partition coefficient (Wildman–Crippen LogP) is 4.34. The maximum atomic E-state index is 11.6. The van der Waals surface area contributed by atoms with Gasteiger partial charge in [0.2, 0.25) is 5.91 Å². The van der Waals surface area contributed by atoms with Crippen molar-refractivity contribution in [3.63, 3.8) is 0 Å². The van der Waals surface area contributed by atoms with Crippen LogP contribution in [0.4, 0.5) is 10.8 Å². The third-order valence-corrected chi connectivity index (χ3v) is 4.08. The van der Waals surface area contributed by atoms with Crippen LogP contribution in [0, 0.1) is 0 Å². The van der Waals surface area contributed by atoms with Crippen LogP contribution in [0.25, 0.3) is 10.2 Å². The van der Waals surface area contributed by atoms with E-state index in [1.54, 1.807) is 18.2 Å². The highest BCUT2D eigenvalue weighted by atomic mass is 35.6. The second-order valence-electron chi connectivity index (χ2n) is 4.45. The summed E-state index contributed by atoms with van der Waals surface area (Å²) < 4.78 is -1.23. The molecule has 0 aliphatic carbocycles. The Labute approximate surface area is 145 Å². The minimum atomic E-state index is -2.03. The van der Waals surface area contributed by atoms with E-state index in [2.05, 4.69) is 15.6 Å². The van der Waals surface area contributed by atoms with Gasteiger partial charge in [0.1, 0.15) is 0 Å². The van der Waals surface area contributed by atoms with E-state index in [0.717, 1.165) is 11.1 Å². The minimum Gasteiger partial charge on any atom is -0.322 e. The lowest BCUT2D eigenvalue weighted by molar-refractivity contribution is -0.116. The Kier molecular flexibility index (Phi) is 5.50. The Morgan fingerprint density at radius 2 is 2.00 bits per heavy atom. The zero-order valence-corrected chi connectivity index (χ0v) is 14.5. The zero-order valence-electron chi connectivity index (χ0n) is 11.5. The number of nitrogens with one attached hydrogen (secondary N) is 2. The third kappa shape index (κ3) is 4.46. The molecule has 0 aliphatic rings. The van der Waals surface area contributed by atoms with E-state index in [1.165, 1.54) is 11.3 Å². The molecule has 0 saturated carbocycles. The highest BCUT2D eigenvalue weighted by Gasteiger charge is 2.30. The van der Waals surface area contributed by atoms with Gasteiger partial charge in [-0.15, -0.1) is 0 Å². The Bertz CT molecular complexity index is 712. The van der Waals surface area contributed by atoms with Gasteiger partial charge in [0, 0.05) is 12.1 Å². The average Bonchev–Trinajstić information content (AvgIpc) is 2.79. The quantitative estimate of drug-likeness (QED) is 0.775. The standard InChI is InChI=1S/C13H12Cl3N3O2S/c1-2-3-10(20)19-12-18-8-5-4-7(6-9(8)22-12)17-11(21)13(14,15)16/h4-6H,2-3H2,1H3,(H,17,21)(H,18,19,20). The Balaban J connectivity index is 2.17. The van der Waals surface area contributed by atoms with E-state index >= 15 is 0 Å². The number of carbonyl (C=O) groups excluding carboxylic acids is 2. The molecule has 22 heavy (non-hydrogen) atoms. The molecule has 1 aromatic carbocycles. The maximum absolute atomic E-state index is 11.6. The summed E-state index contributed by atoms with van der Waals surface area (Å²) in [5.41, 5.74) is 1.20. The Morgan fingerprint density at radius 1 is 1.27 bits per heavy atom. The first-order valence-corrected chi connectivity index (χ1v) is 8.33. The average molecular weight is 381 g/mol. The van der Waals surface area contributed by atoms with Crippen molar-refractivity contribution in [2.45, 2.75) is 23.6 Å². The van der Waals surface area contributed by atoms with Gasteiger partial charge in [-0.3, -0.25) is 9.59 Å². The van der Waals surface area contributed by atoms with Gasteiger partial charge in [-0.1, -0.05) is 53.1 Å². The SMILES string of the molecule is CCCC(=O)Nc1nc2ccc(NC(=O)C(Cl)(Cl)Cl)cc2s1. The predicted molar refractivity (Wildman–Crippen MR) is 92.1 cm³/mol. The molecule has 0 saturated heterocycles. The van der Waals surface area contributed by atoms with Gasteiger partial charge in [0.25, 0.3) is 9.70 Å². The summed E-state index contributed by atoms with van der Waals surface area (Å²) >= 11 is 17.8. The largest absolute Gasteiger partial charge is 0.322 e. The lowest BCUT2D eigenvalue weighted by Gasteiger charge is -2.10. The monoisotopic (exact) mass is 379 g/mol. The molecular weight excluding hydrogens is 369 g/mol. The third-order valence-electron chi connectivity index (χ3n) is 2.63. The van der Waals surface area contributed by atoms with Crippen molar-refractivity contribution in [3.05, 3.63) is 18.2 Å². The van der Waals surface area contributed by atoms with E-state index in [0.29, 0.717) is 22.8 Å². The number of hydrogen-bond acceptors (Lipinski definition) is 4.